The highest BCUT2D eigenvalue weighted by Crippen LogP contribution is 2.07. The Bertz CT molecular complexity index is 753. The van der Waals surface area contributed by atoms with Crippen molar-refractivity contribution in [2.45, 2.75) is 24.9 Å². The molecule has 3 amide bonds. The van der Waals surface area contributed by atoms with Crippen molar-refractivity contribution in [3.8, 4) is 0 Å². The molecule has 0 unspecified atom stereocenters. The molecule has 0 aromatic heterocycles. The molecule has 0 aliphatic rings. The number of nitrogens with one attached hydrogen (secondary N) is 3. The Kier molecular flexibility index (Phi) is 9.14. The van der Waals surface area contributed by atoms with E-state index in [0.29, 0.717) is 0 Å². The van der Waals surface area contributed by atoms with Gasteiger partial charge in [-0.1, -0.05) is 0 Å². The molecule has 2 atom stereocenters. The first kappa shape index (κ1) is 23.1. The Balaban J connectivity index is 2.61. The normalized spacial score (nSPS) is 12.3. The van der Waals surface area contributed by atoms with Crippen LogP contribution in [0.1, 0.15) is 23.2 Å². The van der Waals surface area contributed by atoms with Crippen LogP contribution >= 0.6 is 22.6 Å². The van der Waals surface area contributed by atoms with E-state index in [2.05, 4.69) is 10.6 Å². The summed E-state index contributed by atoms with van der Waals surface area (Å²) in [5.41, 5.74) is 0.232. The molecule has 0 radical (unpaired) electrons. The highest BCUT2D eigenvalue weighted by atomic mass is 127. The summed E-state index contributed by atoms with van der Waals surface area (Å²) in [7, 11) is 0. The van der Waals surface area contributed by atoms with Crippen LogP contribution in [0.15, 0.2) is 24.3 Å². The summed E-state index contributed by atoms with van der Waals surface area (Å²) in [5.74, 6) is -4.72. The predicted molar refractivity (Wildman–Crippen MR) is 103 cm³/mol. The van der Waals surface area contributed by atoms with Crippen molar-refractivity contribution in [2.24, 2.45) is 0 Å². The average Bonchev–Trinajstić information content (AvgIpc) is 2.61. The van der Waals surface area contributed by atoms with Crippen LogP contribution in [0.25, 0.3) is 0 Å². The third-order valence-electron chi connectivity index (χ3n) is 3.43. The molecule has 0 bridgehead atoms. The molecule has 1 aromatic rings. The molecule has 12 heteroatoms. The summed E-state index contributed by atoms with van der Waals surface area (Å²) in [6.45, 7) is -0.511. The number of aliphatic carboxylic acids is 3. The number of hydrogen-bond donors (Lipinski definition) is 6. The van der Waals surface area contributed by atoms with Gasteiger partial charge < -0.3 is 31.3 Å². The zero-order valence-electron chi connectivity index (χ0n) is 14.3. The topological polar surface area (TPSA) is 182 Å². The first-order valence-corrected chi connectivity index (χ1v) is 8.96. The molecule has 1 aromatic carbocycles. The van der Waals surface area contributed by atoms with Gasteiger partial charge in [-0.25, -0.2) is 14.4 Å². The number of urea groups is 1. The lowest BCUT2D eigenvalue weighted by Crippen LogP contribution is -2.52. The molecular weight excluding hydrogens is 489 g/mol. The summed E-state index contributed by atoms with van der Waals surface area (Å²) >= 11 is 2.05. The highest BCUT2D eigenvalue weighted by molar-refractivity contribution is 14.1. The molecular formula is C16H18IN3O8. The van der Waals surface area contributed by atoms with Gasteiger partial charge in [0.05, 0.1) is 6.54 Å². The fourth-order valence-electron chi connectivity index (χ4n) is 1.97. The van der Waals surface area contributed by atoms with Crippen molar-refractivity contribution in [2.75, 3.05) is 6.54 Å². The van der Waals surface area contributed by atoms with Crippen LogP contribution in [0.4, 0.5) is 4.79 Å². The number of rotatable bonds is 10. The van der Waals surface area contributed by atoms with Gasteiger partial charge in [0.25, 0.3) is 5.91 Å². The first-order chi connectivity index (χ1) is 13.1. The molecule has 0 saturated heterocycles. The summed E-state index contributed by atoms with van der Waals surface area (Å²) in [6, 6.07) is 2.43. The molecule has 0 aliphatic heterocycles. The van der Waals surface area contributed by atoms with Gasteiger partial charge in [0.1, 0.15) is 12.1 Å². The zero-order chi connectivity index (χ0) is 21.3. The van der Waals surface area contributed by atoms with E-state index in [1.807, 2.05) is 27.9 Å². The standard InChI is InChI=1S/C16H18IN3O8/c17-9-3-1-8(2-4-9)13(23)19-11(15(26)27)7-18-16(28)20-10(14(24)25)5-6-12(21)22/h1-4,10-11H,5-7H2,(H,19,23)(H,21,22)(H,24,25)(H,26,27)(H2,18,20,28)/t10-,11+/m0/s1. The number of benzene rings is 1. The highest BCUT2D eigenvalue weighted by Gasteiger charge is 2.24. The van der Waals surface area contributed by atoms with Crippen molar-refractivity contribution < 1.29 is 39.3 Å². The van der Waals surface area contributed by atoms with Crippen LogP contribution in [0, 0.1) is 3.57 Å². The molecule has 0 aliphatic carbocycles. The fraction of sp³-hybridized carbons (Fsp3) is 0.312. The molecule has 11 nitrogen and oxygen atoms in total. The third kappa shape index (κ3) is 8.20. The van der Waals surface area contributed by atoms with E-state index in [4.69, 9.17) is 10.2 Å². The lowest BCUT2D eigenvalue weighted by atomic mass is 10.1. The minimum Gasteiger partial charge on any atom is -0.481 e. The van der Waals surface area contributed by atoms with Gasteiger partial charge in [-0.3, -0.25) is 9.59 Å². The SMILES string of the molecule is O=C(O)CC[C@H](NC(=O)NC[C@@H](NC(=O)c1ccc(I)cc1)C(=O)O)C(=O)O. The van der Waals surface area contributed by atoms with Gasteiger partial charge in [0.2, 0.25) is 0 Å². The average molecular weight is 507 g/mol. The number of hydrogen-bond acceptors (Lipinski definition) is 5. The van der Waals surface area contributed by atoms with E-state index in [1.165, 1.54) is 12.1 Å². The number of carbonyl (C=O) groups excluding carboxylic acids is 2. The lowest BCUT2D eigenvalue weighted by Gasteiger charge is -2.18. The van der Waals surface area contributed by atoms with E-state index in [9.17, 15) is 29.1 Å². The van der Waals surface area contributed by atoms with Crippen molar-refractivity contribution >= 4 is 52.4 Å². The minimum absolute atomic E-state index is 0.232. The maximum Gasteiger partial charge on any atom is 0.328 e. The summed E-state index contributed by atoms with van der Waals surface area (Å²) in [4.78, 5) is 56.7. The maximum absolute atomic E-state index is 12.1. The smallest absolute Gasteiger partial charge is 0.328 e. The van der Waals surface area contributed by atoms with Crippen molar-refractivity contribution in [1.29, 1.82) is 0 Å². The zero-order valence-corrected chi connectivity index (χ0v) is 16.5. The van der Waals surface area contributed by atoms with E-state index in [-0.39, 0.29) is 12.0 Å². The largest absolute Gasteiger partial charge is 0.481 e. The van der Waals surface area contributed by atoms with Crippen LogP contribution in [0.5, 0.6) is 0 Å². The second-order valence-electron chi connectivity index (χ2n) is 5.55. The van der Waals surface area contributed by atoms with Gasteiger partial charge in [0.15, 0.2) is 0 Å². The maximum atomic E-state index is 12.1. The molecule has 0 fully saturated rings. The van der Waals surface area contributed by atoms with E-state index in [0.717, 1.165) is 3.57 Å². The second-order valence-corrected chi connectivity index (χ2v) is 6.79. The van der Waals surface area contributed by atoms with Gasteiger partial charge >= 0.3 is 23.9 Å². The molecule has 0 spiro atoms. The van der Waals surface area contributed by atoms with Crippen LogP contribution in [-0.4, -0.2) is 63.8 Å². The predicted octanol–water partition coefficient (Wildman–Crippen LogP) is 0.0914. The van der Waals surface area contributed by atoms with Gasteiger partial charge in [-0.15, -0.1) is 0 Å². The van der Waals surface area contributed by atoms with Gasteiger partial charge in [-0.05, 0) is 53.3 Å². The number of halogens is 1. The second kappa shape index (κ2) is 11.1. The van der Waals surface area contributed by atoms with Crippen molar-refractivity contribution in [1.82, 2.24) is 16.0 Å². The molecule has 152 valence electrons. The quantitative estimate of drug-likeness (QED) is 0.241. The molecule has 0 heterocycles. The van der Waals surface area contributed by atoms with Crippen LogP contribution in [0.3, 0.4) is 0 Å². The lowest BCUT2D eigenvalue weighted by molar-refractivity contribution is -0.141. The Labute approximate surface area is 172 Å². The summed E-state index contributed by atoms with van der Waals surface area (Å²) in [6.07, 6.45) is -0.814. The molecule has 0 saturated carbocycles. The number of carboxylic acids is 3. The van der Waals surface area contributed by atoms with E-state index >= 15 is 0 Å². The Morgan fingerprint density at radius 3 is 1.96 bits per heavy atom. The van der Waals surface area contributed by atoms with E-state index in [1.54, 1.807) is 12.1 Å². The minimum atomic E-state index is -1.46. The Morgan fingerprint density at radius 1 is 0.893 bits per heavy atom. The third-order valence-corrected chi connectivity index (χ3v) is 4.15. The number of amides is 3. The number of carboxylic acid groups (broad SMARTS) is 3. The van der Waals surface area contributed by atoms with Crippen LogP contribution in [0.2, 0.25) is 0 Å². The fourth-order valence-corrected chi connectivity index (χ4v) is 2.33. The monoisotopic (exact) mass is 507 g/mol. The summed E-state index contributed by atoms with van der Waals surface area (Å²) in [5, 5.41) is 33.2. The Morgan fingerprint density at radius 2 is 1.46 bits per heavy atom. The van der Waals surface area contributed by atoms with Crippen molar-refractivity contribution in [3.05, 3.63) is 33.4 Å². The first-order valence-electron chi connectivity index (χ1n) is 7.88. The van der Waals surface area contributed by atoms with Crippen LogP contribution < -0.4 is 16.0 Å². The Hall–Kier alpha value is -2.90. The van der Waals surface area contributed by atoms with Crippen molar-refractivity contribution in [3.63, 3.8) is 0 Å². The molecule has 1 rings (SSSR count). The van der Waals surface area contributed by atoms with Gasteiger partial charge in [0, 0.05) is 15.6 Å². The number of carbonyl (C=O) groups is 5. The summed E-state index contributed by atoms with van der Waals surface area (Å²) < 4.78 is 0.887. The molecule has 6 N–H and O–H groups in total. The van der Waals surface area contributed by atoms with Crippen LogP contribution in [-0.2, 0) is 14.4 Å². The van der Waals surface area contributed by atoms with E-state index < -0.39 is 54.9 Å². The van der Waals surface area contributed by atoms with Gasteiger partial charge in [-0.2, -0.15) is 0 Å². The molecule has 28 heavy (non-hydrogen) atoms.